The number of fused-ring (bicyclic) bond motifs is 1. The minimum atomic E-state index is -3.55. The van der Waals surface area contributed by atoms with Gasteiger partial charge in [0.05, 0.1) is 4.90 Å². The molecule has 0 saturated carbocycles. The van der Waals surface area contributed by atoms with Crippen LogP contribution in [0.3, 0.4) is 0 Å². The fourth-order valence-corrected chi connectivity index (χ4v) is 3.43. The number of sulfonamides is 1. The molecule has 0 fully saturated rings. The molecule has 3 aromatic rings. The maximum absolute atomic E-state index is 12.1. The van der Waals surface area contributed by atoms with Crippen LogP contribution in [0.1, 0.15) is 5.56 Å². The van der Waals surface area contributed by atoms with Gasteiger partial charge in [0.1, 0.15) is 5.52 Å². The summed E-state index contributed by atoms with van der Waals surface area (Å²) in [5, 5.41) is 0.388. The lowest BCUT2D eigenvalue weighted by Gasteiger charge is -2.07. The molecule has 0 amide bonds. The average molecular weight is 337 g/mol. The number of rotatable bonds is 5. The van der Waals surface area contributed by atoms with E-state index in [0.29, 0.717) is 17.0 Å². The molecule has 1 aromatic heterocycles. The number of hydrogen-bond acceptors (Lipinski definition) is 4. The lowest BCUT2D eigenvalue weighted by molar-refractivity contribution is 0.581. The second-order valence-electron chi connectivity index (χ2n) is 4.76. The van der Waals surface area contributed by atoms with Crippen molar-refractivity contribution in [3.8, 4) is 0 Å². The monoisotopic (exact) mass is 336 g/mol. The van der Waals surface area contributed by atoms with Crippen LogP contribution in [0.2, 0.25) is 5.02 Å². The van der Waals surface area contributed by atoms with Crippen LogP contribution in [0.4, 0.5) is 0 Å². The van der Waals surface area contributed by atoms with Gasteiger partial charge in [-0.1, -0.05) is 23.7 Å². The van der Waals surface area contributed by atoms with Crippen molar-refractivity contribution >= 4 is 32.7 Å². The van der Waals surface area contributed by atoms with Gasteiger partial charge in [0, 0.05) is 11.6 Å². The minimum Gasteiger partial charge on any atom is -0.443 e. The van der Waals surface area contributed by atoms with Gasteiger partial charge in [0.15, 0.2) is 12.0 Å². The molecular weight excluding hydrogens is 324 g/mol. The highest BCUT2D eigenvalue weighted by molar-refractivity contribution is 7.89. The molecule has 0 saturated heterocycles. The molecule has 0 bridgehead atoms. The third-order valence-electron chi connectivity index (χ3n) is 3.21. The molecule has 2 aromatic carbocycles. The number of nitrogens with zero attached hydrogens (tertiary/aromatic N) is 1. The van der Waals surface area contributed by atoms with Crippen molar-refractivity contribution in [1.82, 2.24) is 9.71 Å². The summed E-state index contributed by atoms with van der Waals surface area (Å²) in [6.07, 6.45) is 1.94. The first kappa shape index (κ1) is 15.0. The Hall–Kier alpha value is -1.89. The zero-order valence-electron chi connectivity index (χ0n) is 11.5. The summed E-state index contributed by atoms with van der Waals surface area (Å²) in [4.78, 5) is 4.19. The van der Waals surface area contributed by atoms with Crippen molar-refractivity contribution in [2.24, 2.45) is 0 Å². The second-order valence-corrected chi connectivity index (χ2v) is 6.96. The topological polar surface area (TPSA) is 72.2 Å². The molecular formula is C15H13ClN2O3S. The number of halogens is 1. The number of benzene rings is 2. The van der Waals surface area contributed by atoms with E-state index in [4.69, 9.17) is 16.0 Å². The van der Waals surface area contributed by atoms with Gasteiger partial charge >= 0.3 is 0 Å². The molecule has 114 valence electrons. The van der Waals surface area contributed by atoms with Crippen molar-refractivity contribution < 1.29 is 12.8 Å². The third kappa shape index (κ3) is 3.30. The van der Waals surface area contributed by atoms with E-state index in [-0.39, 0.29) is 11.4 Å². The van der Waals surface area contributed by atoms with Gasteiger partial charge in [0.25, 0.3) is 0 Å². The van der Waals surface area contributed by atoms with E-state index in [1.165, 1.54) is 18.5 Å². The van der Waals surface area contributed by atoms with Crippen LogP contribution in [0.5, 0.6) is 0 Å². The number of oxazole rings is 1. The smallest absolute Gasteiger partial charge is 0.240 e. The van der Waals surface area contributed by atoms with Gasteiger partial charge in [-0.25, -0.2) is 18.1 Å². The van der Waals surface area contributed by atoms with E-state index in [1.807, 2.05) is 18.2 Å². The number of hydrogen-bond donors (Lipinski definition) is 1. The van der Waals surface area contributed by atoms with Gasteiger partial charge in [0.2, 0.25) is 10.0 Å². The van der Waals surface area contributed by atoms with Gasteiger partial charge in [-0.2, -0.15) is 0 Å². The van der Waals surface area contributed by atoms with Crippen molar-refractivity contribution in [2.45, 2.75) is 11.3 Å². The Morgan fingerprint density at radius 3 is 2.86 bits per heavy atom. The van der Waals surface area contributed by atoms with Crippen LogP contribution in [0, 0.1) is 0 Å². The molecule has 1 N–H and O–H groups in total. The standard InChI is InChI=1S/C15H13ClN2O3S/c16-12-2-1-3-13(9-12)22(19,20)18-7-6-11-4-5-14-15(8-11)21-10-17-14/h1-5,8-10,18H,6-7H2. The summed E-state index contributed by atoms with van der Waals surface area (Å²) < 4.78 is 32.1. The molecule has 0 unspecified atom stereocenters. The summed E-state index contributed by atoms with van der Waals surface area (Å²) >= 11 is 5.82. The van der Waals surface area contributed by atoms with Crippen molar-refractivity contribution in [2.75, 3.05) is 6.54 Å². The van der Waals surface area contributed by atoms with Gasteiger partial charge in [-0.15, -0.1) is 0 Å². The van der Waals surface area contributed by atoms with Crippen LogP contribution in [0.15, 0.2) is 58.2 Å². The predicted octanol–water partition coefficient (Wildman–Crippen LogP) is 3.00. The predicted molar refractivity (Wildman–Crippen MR) is 84.4 cm³/mol. The van der Waals surface area contributed by atoms with Crippen molar-refractivity contribution in [3.05, 3.63) is 59.4 Å². The summed E-state index contributed by atoms with van der Waals surface area (Å²) in [6.45, 7) is 0.286. The first-order valence-electron chi connectivity index (χ1n) is 6.62. The molecule has 0 aliphatic carbocycles. The fourth-order valence-electron chi connectivity index (χ4n) is 2.10. The highest BCUT2D eigenvalue weighted by atomic mass is 35.5. The van der Waals surface area contributed by atoms with Gasteiger partial charge < -0.3 is 4.42 Å². The van der Waals surface area contributed by atoms with Gasteiger partial charge in [-0.05, 0) is 42.3 Å². The van der Waals surface area contributed by atoms with Crippen LogP contribution in [-0.2, 0) is 16.4 Å². The first-order valence-corrected chi connectivity index (χ1v) is 8.48. The van der Waals surface area contributed by atoms with E-state index < -0.39 is 10.0 Å². The quantitative estimate of drug-likeness (QED) is 0.777. The molecule has 0 aliphatic rings. The number of nitrogens with one attached hydrogen (secondary N) is 1. The molecule has 0 radical (unpaired) electrons. The van der Waals surface area contributed by atoms with E-state index >= 15 is 0 Å². The molecule has 5 nitrogen and oxygen atoms in total. The summed E-state index contributed by atoms with van der Waals surface area (Å²) in [7, 11) is -3.55. The Morgan fingerprint density at radius 2 is 2.05 bits per heavy atom. The molecule has 22 heavy (non-hydrogen) atoms. The Bertz CT molecular complexity index is 906. The fraction of sp³-hybridized carbons (Fsp3) is 0.133. The number of aromatic nitrogens is 1. The SMILES string of the molecule is O=S(=O)(NCCc1ccc2ncoc2c1)c1cccc(Cl)c1. The molecule has 0 spiro atoms. The molecule has 3 rings (SSSR count). The van der Waals surface area contributed by atoms with Crippen LogP contribution >= 0.6 is 11.6 Å². The molecule has 0 aliphatic heterocycles. The summed E-state index contributed by atoms with van der Waals surface area (Å²) in [5.41, 5.74) is 2.44. The normalized spacial score (nSPS) is 11.9. The largest absolute Gasteiger partial charge is 0.443 e. The molecule has 1 heterocycles. The zero-order valence-corrected chi connectivity index (χ0v) is 13.1. The van der Waals surface area contributed by atoms with E-state index in [1.54, 1.807) is 12.1 Å². The third-order valence-corrected chi connectivity index (χ3v) is 4.90. The maximum Gasteiger partial charge on any atom is 0.240 e. The maximum atomic E-state index is 12.1. The Labute approximate surface area is 133 Å². The first-order chi connectivity index (χ1) is 10.5. The lowest BCUT2D eigenvalue weighted by Crippen LogP contribution is -2.25. The average Bonchev–Trinajstić information content (AvgIpc) is 2.94. The molecule has 0 atom stereocenters. The second kappa shape index (κ2) is 6.08. The Kier molecular flexibility index (Phi) is 4.15. The van der Waals surface area contributed by atoms with E-state index in [0.717, 1.165) is 11.1 Å². The van der Waals surface area contributed by atoms with E-state index in [2.05, 4.69) is 9.71 Å². The Morgan fingerprint density at radius 1 is 1.18 bits per heavy atom. The lowest BCUT2D eigenvalue weighted by atomic mass is 10.1. The highest BCUT2D eigenvalue weighted by Gasteiger charge is 2.13. The highest BCUT2D eigenvalue weighted by Crippen LogP contribution is 2.16. The minimum absolute atomic E-state index is 0.158. The van der Waals surface area contributed by atoms with E-state index in [9.17, 15) is 8.42 Å². The van der Waals surface area contributed by atoms with Crippen molar-refractivity contribution in [1.29, 1.82) is 0 Å². The Balaban J connectivity index is 1.67. The van der Waals surface area contributed by atoms with Crippen LogP contribution in [0.25, 0.3) is 11.1 Å². The van der Waals surface area contributed by atoms with Crippen molar-refractivity contribution in [3.63, 3.8) is 0 Å². The summed E-state index contributed by atoms with van der Waals surface area (Å²) in [5.74, 6) is 0. The van der Waals surface area contributed by atoms with Crippen LogP contribution in [-0.4, -0.2) is 19.9 Å². The van der Waals surface area contributed by atoms with Gasteiger partial charge in [-0.3, -0.25) is 0 Å². The summed E-state index contributed by atoms with van der Waals surface area (Å²) in [6, 6.07) is 11.8. The zero-order chi connectivity index (χ0) is 15.6. The van der Waals surface area contributed by atoms with Crippen LogP contribution < -0.4 is 4.72 Å². The molecule has 7 heteroatoms.